The third-order valence-electron chi connectivity index (χ3n) is 11.5. The predicted octanol–water partition coefficient (Wildman–Crippen LogP) is 7.10. The van der Waals surface area contributed by atoms with Gasteiger partial charge in [0.25, 0.3) is 0 Å². The molecule has 1 atom stereocenters. The molecular weight excluding hydrogens is 874 g/mol. The molecule has 0 nitrogen and oxygen atoms in total. The first-order valence-electron chi connectivity index (χ1n) is 18.7. The van der Waals surface area contributed by atoms with Crippen molar-refractivity contribution < 1.29 is 43.8 Å². The Morgan fingerprint density at radius 2 is 0.891 bits per heavy atom. The molecule has 0 fully saturated rings. The third-order valence-corrected chi connectivity index (χ3v) is 28.2. The fraction of sp³-hybridized carbons (Fsp3) is 0.0385. The summed E-state index contributed by atoms with van der Waals surface area (Å²) in [7, 11) is 0. The summed E-state index contributed by atoms with van der Waals surface area (Å²) in [6.45, 7) is 0. The summed E-state index contributed by atoms with van der Waals surface area (Å²) in [6.07, 6.45) is 8.17. The van der Waals surface area contributed by atoms with Gasteiger partial charge < -0.3 is 24.8 Å². The Balaban J connectivity index is 0.00000214. The smallest absolute Gasteiger partial charge is 1.00 e. The van der Waals surface area contributed by atoms with Crippen LogP contribution in [0.2, 0.25) is 0 Å². The first kappa shape index (κ1) is 36.9. The Kier molecular flexibility index (Phi) is 10.5. The minimum absolute atomic E-state index is 0. The van der Waals surface area contributed by atoms with Gasteiger partial charge in [0.1, 0.15) is 0 Å². The topological polar surface area (TPSA) is 0 Å². The number of fused-ring (bicyclic) bond motifs is 8. The molecule has 0 bridgehead atoms. The molecule has 0 spiro atoms. The van der Waals surface area contributed by atoms with Crippen molar-refractivity contribution in [3.8, 4) is 33.4 Å². The molecule has 55 heavy (non-hydrogen) atoms. The maximum absolute atomic E-state index is 4.13. The largest absolute Gasteiger partial charge is 1.00 e. The average Bonchev–Trinajstić information content (AvgIpc) is 3.91. The van der Waals surface area contributed by atoms with Gasteiger partial charge in [0.05, 0.1) is 0 Å². The summed E-state index contributed by atoms with van der Waals surface area (Å²) in [5.74, 6) is 0. The molecule has 0 N–H and O–H groups in total. The van der Waals surface area contributed by atoms with Crippen LogP contribution in [0.1, 0.15) is 32.3 Å². The standard InChI is InChI=1S/C21H13.2C13H10.C5H5.2ClH.Hf/c1-2-8-15-14(7-1)13-20-18-11-4-3-9-16(18)17-10-5-6-12-19(17)21(15)20;2*1-11-7-9-13(10-8-11)12-5-3-2-4-6-12;1-2-4-5-3-1;;;/h1-13H;2*1-10H;1-3H,4H2;2*1H;/q;;;;;;+2/p-2. The van der Waals surface area contributed by atoms with E-state index in [2.05, 4.69) is 208 Å². The molecule has 0 saturated carbocycles. The summed E-state index contributed by atoms with van der Waals surface area (Å²) in [4.78, 5) is 0. The Hall–Kier alpha value is -5.05. The van der Waals surface area contributed by atoms with Gasteiger partial charge >= 0.3 is 317 Å². The predicted molar refractivity (Wildman–Crippen MR) is 225 cm³/mol. The van der Waals surface area contributed by atoms with E-state index >= 15 is 0 Å². The second kappa shape index (κ2) is 15.6. The average molecular weight is 912 g/mol. The van der Waals surface area contributed by atoms with E-state index in [1.165, 1.54) is 77.2 Å². The molecule has 8 aromatic carbocycles. The van der Waals surface area contributed by atoms with Crippen LogP contribution in [-0.2, 0) is 19.0 Å². The van der Waals surface area contributed by atoms with E-state index in [-0.39, 0.29) is 28.5 Å². The molecular formula is C52H38Cl2Hf. The quantitative estimate of drug-likeness (QED) is 0.124. The van der Waals surface area contributed by atoms with Gasteiger partial charge in [0, 0.05) is 0 Å². The molecule has 0 aliphatic heterocycles. The van der Waals surface area contributed by atoms with Crippen LogP contribution >= 0.6 is 0 Å². The molecule has 3 heteroatoms. The first-order valence-corrected chi connectivity index (χ1v) is 26.7. The Bertz CT molecular complexity index is 2760. The Labute approximate surface area is 339 Å². The van der Waals surface area contributed by atoms with Crippen molar-refractivity contribution in [3.05, 3.63) is 226 Å². The molecule has 0 radical (unpaired) electrons. The van der Waals surface area contributed by atoms with Gasteiger partial charge in [-0.2, -0.15) is 0 Å². The van der Waals surface area contributed by atoms with Crippen LogP contribution in [0.4, 0.5) is 0 Å². The fourth-order valence-electron chi connectivity index (χ4n) is 9.09. The maximum atomic E-state index is 2.80. The molecule has 2 aliphatic carbocycles. The van der Waals surface area contributed by atoms with E-state index in [4.69, 9.17) is 0 Å². The molecule has 8 aromatic rings. The maximum Gasteiger partial charge on any atom is -1.00 e. The molecule has 2 aliphatic rings. The zero-order chi connectivity index (χ0) is 35.2. The van der Waals surface area contributed by atoms with E-state index in [0.29, 0.717) is 0 Å². The Morgan fingerprint density at radius 1 is 0.436 bits per heavy atom. The molecule has 0 amide bonds. The van der Waals surface area contributed by atoms with Crippen LogP contribution in [0.3, 0.4) is 0 Å². The fourth-order valence-corrected chi connectivity index (χ4v) is 27.2. The minimum Gasteiger partial charge on any atom is -1.00 e. The van der Waals surface area contributed by atoms with Crippen LogP contribution in [0, 0.1) is 0 Å². The second-order valence-corrected chi connectivity index (χ2v) is 27.6. The van der Waals surface area contributed by atoms with Gasteiger partial charge in [-0.1, -0.05) is 0 Å². The van der Waals surface area contributed by atoms with Crippen molar-refractivity contribution in [2.45, 2.75) is 10.1 Å². The number of allylic oxidation sites excluding steroid dienone is 4. The van der Waals surface area contributed by atoms with E-state index in [1.807, 2.05) is 0 Å². The van der Waals surface area contributed by atoms with Crippen LogP contribution in [-0.4, -0.2) is 7.52 Å². The summed E-state index contributed by atoms with van der Waals surface area (Å²) >= 11 is -4.13. The van der Waals surface area contributed by atoms with Crippen LogP contribution < -0.4 is 24.8 Å². The Morgan fingerprint density at radius 3 is 1.44 bits per heavy atom. The summed E-state index contributed by atoms with van der Waals surface area (Å²) < 4.78 is 7.48. The summed E-state index contributed by atoms with van der Waals surface area (Å²) in [6, 6.07) is 67.8. The van der Waals surface area contributed by atoms with Crippen LogP contribution in [0.5, 0.6) is 0 Å². The van der Waals surface area contributed by atoms with Gasteiger partial charge in [0.15, 0.2) is 0 Å². The zero-order valence-corrected chi connectivity index (χ0v) is 35.4. The molecule has 1 unspecified atom stereocenters. The van der Waals surface area contributed by atoms with Gasteiger partial charge in [0.2, 0.25) is 0 Å². The van der Waals surface area contributed by atoms with E-state index in [1.54, 1.807) is 3.33 Å². The monoisotopic (exact) mass is 912 g/mol. The number of rotatable bonds is 6. The second-order valence-electron chi connectivity index (χ2n) is 14.4. The van der Waals surface area contributed by atoms with E-state index in [9.17, 15) is 0 Å². The van der Waals surface area contributed by atoms with Gasteiger partial charge in [-0.3, -0.25) is 0 Å². The normalized spacial score (nSPS) is 13.5. The van der Waals surface area contributed by atoms with E-state index in [0.717, 1.165) is 6.42 Å². The van der Waals surface area contributed by atoms with Crippen LogP contribution in [0.25, 0.3) is 54.9 Å². The number of halogens is 2. The SMILES string of the molecule is C1=CC[C]([Hf+2](=[CH]c2ccc(-c3ccccc3)cc2)(=[CH]c2ccc(-c3ccccc3)cc2)[CH]2c3ccccc3-c3c2c2ccccc2c2ccccc32)=C1.[Cl-].[Cl-]. The van der Waals surface area contributed by atoms with Crippen molar-refractivity contribution in [1.29, 1.82) is 0 Å². The van der Waals surface area contributed by atoms with Gasteiger partial charge in [-0.05, 0) is 0 Å². The number of benzene rings is 8. The summed E-state index contributed by atoms with van der Waals surface area (Å²) in [5.41, 5.74) is 13.4. The van der Waals surface area contributed by atoms with Crippen molar-refractivity contribution >= 4 is 29.1 Å². The zero-order valence-electron chi connectivity index (χ0n) is 30.2. The van der Waals surface area contributed by atoms with Crippen molar-refractivity contribution in [2.24, 2.45) is 0 Å². The van der Waals surface area contributed by atoms with Crippen LogP contribution in [0.15, 0.2) is 204 Å². The van der Waals surface area contributed by atoms with Gasteiger partial charge in [-0.15, -0.1) is 0 Å². The molecule has 264 valence electrons. The van der Waals surface area contributed by atoms with Crippen molar-refractivity contribution in [3.63, 3.8) is 0 Å². The number of hydrogen-bond acceptors (Lipinski definition) is 0. The van der Waals surface area contributed by atoms with Gasteiger partial charge in [-0.25, -0.2) is 0 Å². The molecule has 0 heterocycles. The minimum atomic E-state index is -4.13. The molecule has 0 saturated heterocycles. The third kappa shape index (κ3) is 6.49. The molecule has 10 rings (SSSR count). The van der Waals surface area contributed by atoms with Crippen molar-refractivity contribution in [1.82, 2.24) is 0 Å². The van der Waals surface area contributed by atoms with Crippen molar-refractivity contribution in [2.75, 3.05) is 0 Å². The summed E-state index contributed by atoms with van der Waals surface area (Å²) in [5, 5.41) is 5.43. The number of hydrogen-bond donors (Lipinski definition) is 0. The van der Waals surface area contributed by atoms with E-state index < -0.39 is 19.0 Å². The molecule has 0 aromatic heterocycles. The first-order chi connectivity index (χ1) is 26.3.